The summed E-state index contributed by atoms with van der Waals surface area (Å²) in [7, 11) is 1.21. The Hall–Kier alpha value is -1.02. The lowest BCUT2D eigenvalue weighted by atomic mass is 10.4. The number of esters is 1. The van der Waals surface area contributed by atoms with Gasteiger partial charge in [-0.25, -0.2) is 9.59 Å². The second-order valence-electron chi connectivity index (χ2n) is 3.06. The van der Waals surface area contributed by atoms with Crippen molar-refractivity contribution in [2.45, 2.75) is 3.79 Å². The van der Waals surface area contributed by atoms with E-state index in [0.717, 1.165) is 11.3 Å². The van der Waals surface area contributed by atoms with Crippen LogP contribution < -0.4 is 10.6 Å². The Labute approximate surface area is 127 Å². The Bertz CT molecular complexity index is 512. The Morgan fingerprint density at radius 2 is 1.95 bits per heavy atom. The standard InChI is InChI=1S/C9H7Cl3N2O4S/c1-18-6(15)5-4(2-3-19-5)13-8(17)14-7(16)9(10,11)12/h2-3H,1H3,(H2,13,14,16,17). The largest absolute Gasteiger partial charge is 0.465 e. The van der Waals surface area contributed by atoms with Crippen LogP contribution in [0.15, 0.2) is 11.4 Å². The smallest absolute Gasteiger partial charge is 0.350 e. The normalized spacial score (nSPS) is 10.7. The SMILES string of the molecule is COC(=O)c1sccc1NC(=O)NC(=O)C(Cl)(Cl)Cl. The summed E-state index contributed by atoms with van der Waals surface area (Å²) in [6.07, 6.45) is 0. The van der Waals surface area contributed by atoms with Crippen molar-refractivity contribution in [3.8, 4) is 0 Å². The number of thiophene rings is 1. The number of rotatable bonds is 2. The van der Waals surface area contributed by atoms with Crippen LogP contribution in [0, 0.1) is 0 Å². The molecule has 0 bridgehead atoms. The Balaban J connectivity index is 2.71. The van der Waals surface area contributed by atoms with E-state index in [2.05, 4.69) is 10.1 Å². The van der Waals surface area contributed by atoms with Gasteiger partial charge >= 0.3 is 12.0 Å². The van der Waals surface area contributed by atoms with E-state index in [1.807, 2.05) is 5.32 Å². The van der Waals surface area contributed by atoms with Gasteiger partial charge in [0.25, 0.3) is 9.70 Å². The summed E-state index contributed by atoms with van der Waals surface area (Å²) in [5.41, 5.74) is 0.187. The predicted molar refractivity (Wildman–Crippen MR) is 73.1 cm³/mol. The molecule has 104 valence electrons. The third kappa shape index (κ3) is 4.54. The monoisotopic (exact) mass is 344 g/mol. The molecule has 0 aliphatic rings. The molecule has 0 saturated carbocycles. The summed E-state index contributed by atoms with van der Waals surface area (Å²) in [4.78, 5) is 34.2. The van der Waals surface area contributed by atoms with Crippen LogP contribution in [0.3, 0.4) is 0 Å². The van der Waals surface area contributed by atoms with Gasteiger partial charge in [-0.1, -0.05) is 34.8 Å². The second kappa shape index (κ2) is 6.42. The quantitative estimate of drug-likeness (QED) is 0.637. The topological polar surface area (TPSA) is 84.5 Å². The maximum atomic E-state index is 11.5. The zero-order valence-corrected chi connectivity index (χ0v) is 12.4. The van der Waals surface area contributed by atoms with E-state index in [4.69, 9.17) is 34.8 Å². The molecule has 0 aliphatic heterocycles. The first-order valence-electron chi connectivity index (χ1n) is 4.60. The maximum absolute atomic E-state index is 11.5. The Morgan fingerprint density at radius 1 is 1.32 bits per heavy atom. The van der Waals surface area contributed by atoms with Gasteiger partial charge < -0.3 is 10.1 Å². The predicted octanol–water partition coefficient (Wildman–Crippen LogP) is 2.55. The fraction of sp³-hybridized carbons (Fsp3) is 0.222. The number of alkyl halides is 3. The first-order valence-corrected chi connectivity index (χ1v) is 6.62. The van der Waals surface area contributed by atoms with Crippen LogP contribution in [0.25, 0.3) is 0 Å². The van der Waals surface area contributed by atoms with Crippen molar-refractivity contribution in [1.29, 1.82) is 0 Å². The van der Waals surface area contributed by atoms with Gasteiger partial charge in [-0.15, -0.1) is 11.3 Å². The molecule has 1 aromatic heterocycles. The minimum Gasteiger partial charge on any atom is -0.465 e. The third-order valence-electron chi connectivity index (χ3n) is 1.77. The molecule has 0 aromatic carbocycles. The molecule has 1 heterocycles. The van der Waals surface area contributed by atoms with E-state index in [-0.39, 0.29) is 10.6 Å². The van der Waals surface area contributed by atoms with E-state index in [9.17, 15) is 14.4 Å². The van der Waals surface area contributed by atoms with Gasteiger partial charge in [0.1, 0.15) is 4.88 Å². The molecule has 0 atom stereocenters. The Kier molecular flexibility index (Phi) is 5.42. The molecule has 0 unspecified atom stereocenters. The number of urea groups is 1. The lowest BCUT2D eigenvalue weighted by molar-refractivity contribution is -0.119. The van der Waals surface area contributed by atoms with E-state index in [1.54, 1.807) is 5.38 Å². The molecular weight excluding hydrogens is 339 g/mol. The van der Waals surface area contributed by atoms with Crippen LogP contribution in [0.2, 0.25) is 0 Å². The molecule has 3 amide bonds. The summed E-state index contributed by atoms with van der Waals surface area (Å²) in [5, 5.41) is 5.65. The molecule has 0 aliphatic carbocycles. The summed E-state index contributed by atoms with van der Waals surface area (Å²) in [6, 6.07) is 0.538. The number of carbonyl (C=O) groups excluding carboxylic acids is 3. The second-order valence-corrected chi connectivity index (χ2v) is 6.26. The van der Waals surface area contributed by atoms with Gasteiger partial charge in [0, 0.05) is 0 Å². The zero-order valence-electron chi connectivity index (χ0n) is 9.33. The number of hydrogen-bond acceptors (Lipinski definition) is 5. The highest BCUT2D eigenvalue weighted by molar-refractivity contribution is 7.12. The van der Waals surface area contributed by atoms with Gasteiger partial charge in [0.05, 0.1) is 12.8 Å². The lowest BCUT2D eigenvalue weighted by Gasteiger charge is -2.11. The molecule has 0 radical (unpaired) electrons. The van der Waals surface area contributed by atoms with E-state index < -0.39 is 21.7 Å². The van der Waals surface area contributed by atoms with E-state index in [1.165, 1.54) is 13.2 Å². The van der Waals surface area contributed by atoms with Crippen LogP contribution in [0.1, 0.15) is 9.67 Å². The van der Waals surface area contributed by atoms with Crippen LogP contribution in [-0.4, -0.2) is 28.8 Å². The van der Waals surface area contributed by atoms with Gasteiger partial charge in [-0.2, -0.15) is 0 Å². The summed E-state index contributed by atoms with van der Waals surface area (Å²) in [5.74, 6) is -1.72. The molecule has 1 rings (SSSR count). The van der Waals surface area contributed by atoms with Crippen molar-refractivity contribution in [2.75, 3.05) is 12.4 Å². The van der Waals surface area contributed by atoms with Gasteiger partial charge in [0.15, 0.2) is 0 Å². The minimum absolute atomic E-state index is 0.180. The minimum atomic E-state index is -2.25. The van der Waals surface area contributed by atoms with Crippen molar-refractivity contribution in [1.82, 2.24) is 5.32 Å². The van der Waals surface area contributed by atoms with Crippen molar-refractivity contribution in [2.24, 2.45) is 0 Å². The average molecular weight is 346 g/mol. The first kappa shape index (κ1) is 16.0. The van der Waals surface area contributed by atoms with Gasteiger partial charge in [-0.05, 0) is 11.4 Å². The average Bonchev–Trinajstić information content (AvgIpc) is 2.74. The zero-order chi connectivity index (χ0) is 14.6. The number of hydrogen-bond donors (Lipinski definition) is 2. The highest BCUT2D eigenvalue weighted by atomic mass is 35.6. The van der Waals surface area contributed by atoms with Crippen LogP contribution in [0.4, 0.5) is 10.5 Å². The van der Waals surface area contributed by atoms with Crippen LogP contribution >= 0.6 is 46.1 Å². The summed E-state index contributed by atoms with van der Waals surface area (Å²) >= 11 is 16.9. The third-order valence-corrected chi connectivity index (χ3v) is 3.18. The molecule has 0 fully saturated rings. The molecule has 10 heteroatoms. The Morgan fingerprint density at radius 3 is 2.47 bits per heavy atom. The molecule has 0 saturated heterocycles. The van der Waals surface area contributed by atoms with Crippen LogP contribution in [-0.2, 0) is 9.53 Å². The number of nitrogens with one attached hydrogen (secondary N) is 2. The first-order chi connectivity index (χ1) is 8.75. The van der Waals surface area contributed by atoms with Gasteiger partial charge in [0.2, 0.25) is 0 Å². The number of anilines is 1. The summed E-state index contributed by atoms with van der Waals surface area (Å²) < 4.78 is 2.27. The van der Waals surface area contributed by atoms with E-state index in [0.29, 0.717) is 0 Å². The molecule has 2 N–H and O–H groups in total. The molecule has 6 nitrogen and oxygen atoms in total. The van der Waals surface area contributed by atoms with Gasteiger partial charge in [-0.3, -0.25) is 10.1 Å². The van der Waals surface area contributed by atoms with Crippen molar-refractivity contribution in [3.63, 3.8) is 0 Å². The fourth-order valence-electron chi connectivity index (χ4n) is 0.986. The molecular formula is C9H7Cl3N2O4S. The fourth-order valence-corrected chi connectivity index (χ4v) is 1.89. The lowest BCUT2D eigenvalue weighted by Crippen LogP contribution is -2.41. The number of carbonyl (C=O) groups is 3. The van der Waals surface area contributed by atoms with Crippen molar-refractivity contribution in [3.05, 3.63) is 16.3 Å². The summed E-state index contributed by atoms with van der Waals surface area (Å²) in [6.45, 7) is 0. The molecule has 0 spiro atoms. The maximum Gasteiger partial charge on any atom is 0.350 e. The van der Waals surface area contributed by atoms with Crippen molar-refractivity contribution < 1.29 is 19.1 Å². The highest BCUT2D eigenvalue weighted by Gasteiger charge is 2.32. The molecule has 1 aromatic rings. The number of halogens is 3. The number of imide groups is 1. The molecule has 19 heavy (non-hydrogen) atoms. The van der Waals surface area contributed by atoms with E-state index >= 15 is 0 Å². The highest BCUT2D eigenvalue weighted by Crippen LogP contribution is 2.26. The van der Waals surface area contributed by atoms with Crippen molar-refractivity contribution >= 4 is 69.7 Å². The number of amides is 3. The number of ether oxygens (including phenoxy) is 1. The van der Waals surface area contributed by atoms with Crippen LogP contribution in [0.5, 0.6) is 0 Å². The number of methoxy groups -OCH3 is 1.